The first-order valence-electron chi connectivity index (χ1n) is 4.69. The van der Waals surface area contributed by atoms with Crippen molar-refractivity contribution in [2.75, 3.05) is 7.11 Å². The smallest absolute Gasteiger partial charge is 0.210 e. The minimum Gasteiger partial charge on any atom is -0.497 e. The fourth-order valence-corrected chi connectivity index (χ4v) is 1.73. The lowest BCUT2D eigenvalue weighted by Gasteiger charge is -2.15. The number of carbonyl (C=O) groups is 1. The first kappa shape index (κ1) is 9.71. The van der Waals surface area contributed by atoms with Crippen LogP contribution in [0.1, 0.15) is 22.3 Å². The summed E-state index contributed by atoms with van der Waals surface area (Å²) in [6, 6.07) is 5.38. The molecule has 1 aliphatic rings. The number of rotatable bonds is 1. The van der Waals surface area contributed by atoms with Crippen molar-refractivity contribution < 1.29 is 14.7 Å². The molecular formula is C11H11NO3. The van der Waals surface area contributed by atoms with Gasteiger partial charge < -0.3 is 9.94 Å². The van der Waals surface area contributed by atoms with Crippen molar-refractivity contribution in [2.45, 2.75) is 12.8 Å². The zero-order valence-electron chi connectivity index (χ0n) is 8.36. The van der Waals surface area contributed by atoms with Gasteiger partial charge in [-0.15, -0.1) is 0 Å². The van der Waals surface area contributed by atoms with Crippen LogP contribution in [0.4, 0.5) is 0 Å². The van der Waals surface area contributed by atoms with E-state index in [2.05, 4.69) is 5.16 Å². The monoisotopic (exact) mass is 205 g/mol. The van der Waals surface area contributed by atoms with Crippen molar-refractivity contribution >= 4 is 11.5 Å². The summed E-state index contributed by atoms with van der Waals surface area (Å²) in [5.41, 5.74) is 1.78. The molecule has 0 heterocycles. The van der Waals surface area contributed by atoms with Crippen LogP contribution in [0.3, 0.4) is 0 Å². The Morgan fingerprint density at radius 1 is 1.40 bits per heavy atom. The molecule has 78 valence electrons. The molecule has 0 amide bonds. The zero-order valence-corrected chi connectivity index (χ0v) is 8.36. The van der Waals surface area contributed by atoms with Crippen LogP contribution >= 0.6 is 0 Å². The van der Waals surface area contributed by atoms with E-state index >= 15 is 0 Å². The number of methoxy groups -OCH3 is 1. The SMILES string of the molecule is COc1ccc2c(c1)C(=O)/C(=N/O)CC2. The third kappa shape index (κ3) is 1.58. The van der Waals surface area contributed by atoms with Crippen molar-refractivity contribution in [1.29, 1.82) is 0 Å². The number of hydrogen-bond donors (Lipinski definition) is 1. The number of benzene rings is 1. The maximum atomic E-state index is 11.8. The van der Waals surface area contributed by atoms with Gasteiger partial charge in [0.2, 0.25) is 5.78 Å². The van der Waals surface area contributed by atoms with E-state index < -0.39 is 0 Å². The summed E-state index contributed by atoms with van der Waals surface area (Å²) >= 11 is 0. The molecule has 0 unspecified atom stereocenters. The van der Waals surface area contributed by atoms with E-state index in [1.54, 1.807) is 13.2 Å². The van der Waals surface area contributed by atoms with Gasteiger partial charge in [0, 0.05) is 12.0 Å². The molecule has 1 N–H and O–H groups in total. The highest BCUT2D eigenvalue weighted by Crippen LogP contribution is 2.24. The van der Waals surface area contributed by atoms with Crippen LogP contribution in [0.25, 0.3) is 0 Å². The number of Topliss-reactive ketones (excluding diaryl/α,β-unsaturated/α-hetero) is 1. The van der Waals surface area contributed by atoms with E-state index in [0.29, 0.717) is 17.7 Å². The molecule has 1 aromatic rings. The van der Waals surface area contributed by atoms with Gasteiger partial charge >= 0.3 is 0 Å². The van der Waals surface area contributed by atoms with Crippen LogP contribution in [0.15, 0.2) is 23.4 Å². The number of ketones is 1. The van der Waals surface area contributed by atoms with Crippen LogP contribution in [-0.4, -0.2) is 23.8 Å². The third-order valence-electron chi connectivity index (χ3n) is 2.58. The van der Waals surface area contributed by atoms with Gasteiger partial charge in [-0.05, 0) is 24.1 Å². The molecule has 0 saturated heterocycles. The molecule has 0 atom stereocenters. The zero-order chi connectivity index (χ0) is 10.8. The molecule has 1 aliphatic carbocycles. The van der Waals surface area contributed by atoms with Gasteiger partial charge in [0.25, 0.3) is 0 Å². The predicted molar refractivity (Wildman–Crippen MR) is 54.9 cm³/mol. The normalized spacial score (nSPS) is 17.7. The molecule has 0 aromatic heterocycles. The third-order valence-corrected chi connectivity index (χ3v) is 2.58. The second kappa shape index (κ2) is 3.73. The molecule has 1 aromatic carbocycles. The topological polar surface area (TPSA) is 58.9 Å². The Hall–Kier alpha value is -1.84. The Labute approximate surface area is 87.2 Å². The van der Waals surface area contributed by atoms with E-state index in [4.69, 9.17) is 9.94 Å². The molecule has 4 nitrogen and oxygen atoms in total. The summed E-state index contributed by atoms with van der Waals surface area (Å²) in [6.07, 6.45) is 1.22. The predicted octanol–water partition coefficient (Wildman–Crippen LogP) is 1.65. The average molecular weight is 205 g/mol. The maximum Gasteiger partial charge on any atom is 0.210 e. The summed E-state index contributed by atoms with van der Waals surface area (Å²) in [7, 11) is 1.55. The van der Waals surface area contributed by atoms with Crippen molar-refractivity contribution in [1.82, 2.24) is 0 Å². The summed E-state index contributed by atoms with van der Waals surface area (Å²) < 4.78 is 5.04. The molecule has 2 rings (SSSR count). The number of aryl methyl sites for hydroxylation is 1. The Balaban J connectivity index is 2.49. The van der Waals surface area contributed by atoms with Gasteiger partial charge in [-0.25, -0.2) is 0 Å². The Morgan fingerprint density at radius 2 is 2.20 bits per heavy atom. The number of fused-ring (bicyclic) bond motifs is 1. The van der Waals surface area contributed by atoms with Gasteiger partial charge in [-0.3, -0.25) is 4.79 Å². The fraction of sp³-hybridized carbons (Fsp3) is 0.273. The molecule has 0 fully saturated rings. The summed E-state index contributed by atoms with van der Waals surface area (Å²) in [6.45, 7) is 0. The van der Waals surface area contributed by atoms with E-state index in [1.165, 1.54) is 0 Å². The van der Waals surface area contributed by atoms with Crippen molar-refractivity contribution in [3.8, 4) is 5.75 Å². The molecule has 0 spiro atoms. The van der Waals surface area contributed by atoms with Crippen LogP contribution in [0.5, 0.6) is 5.75 Å². The molecule has 15 heavy (non-hydrogen) atoms. The minimum absolute atomic E-state index is 0.211. The molecule has 0 saturated carbocycles. The van der Waals surface area contributed by atoms with E-state index in [0.717, 1.165) is 12.0 Å². The quantitative estimate of drug-likeness (QED) is 0.560. The lowest BCUT2D eigenvalue weighted by Crippen LogP contribution is -2.22. The first-order valence-corrected chi connectivity index (χ1v) is 4.69. The van der Waals surface area contributed by atoms with Crippen molar-refractivity contribution in [3.05, 3.63) is 29.3 Å². The first-order chi connectivity index (χ1) is 7.26. The van der Waals surface area contributed by atoms with E-state index in [-0.39, 0.29) is 11.5 Å². The lowest BCUT2D eigenvalue weighted by atomic mass is 9.89. The number of nitrogens with zero attached hydrogens (tertiary/aromatic N) is 1. The summed E-state index contributed by atoms with van der Waals surface area (Å²) in [5, 5.41) is 11.7. The van der Waals surface area contributed by atoms with Gasteiger partial charge in [0.15, 0.2) is 0 Å². The van der Waals surface area contributed by atoms with Gasteiger partial charge in [-0.1, -0.05) is 11.2 Å². The number of carbonyl (C=O) groups excluding carboxylic acids is 1. The Kier molecular flexibility index (Phi) is 2.41. The number of oxime groups is 1. The van der Waals surface area contributed by atoms with Crippen LogP contribution in [0.2, 0.25) is 0 Å². The lowest BCUT2D eigenvalue weighted by molar-refractivity contribution is 0.105. The van der Waals surface area contributed by atoms with E-state index in [9.17, 15) is 4.79 Å². The molecular weight excluding hydrogens is 194 g/mol. The molecule has 0 radical (unpaired) electrons. The highest BCUT2D eigenvalue weighted by atomic mass is 16.5. The summed E-state index contributed by atoms with van der Waals surface area (Å²) in [4.78, 5) is 11.8. The van der Waals surface area contributed by atoms with Crippen LogP contribution in [-0.2, 0) is 6.42 Å². The second-order valence-electron chi connectivity index (χ2n) is 3.40. The standard InChI is InChI=1S/C11H11NO3/c1-15-8-4-2-7-3-5-10(12-14)11(13)9(7)6-8/h2,4,6,14H,3,5H2,1H3/b12-10+. The molecule has 0 bridgehead atoms. The average Bonchev–Trinajstić information content (AvgIpc) is 2.29. The van der Waals surface area contributed by atoms with Gasteiger partial charge in [0.05, 0.1) is 7.11 Å². The largest absolute Gasteiger partial charge is 0.497 e. The summed E-state index contributed by atoms with van der Waals surface area (Å²) in [5.74, 6) is 0.430. The Bertz CT molecular complexity index is 437. The number of hydrogen-bond acceptors (Lipinski definition) is 4. The van der Waals surface area contributed by atoms with Gasteiger partial charge in [0.1, 0.15) is 11.5 Å². The van der Waals surface area contributed by atoms with E-state index in [1.807, 2.05) is 12.1 Å². The minimum atomic E-state index is -0.211. The second-order valence-corrected chi connectivity index (χ2v) is 3.40. The van der Waals surface area contributed by atoms with Crippen molar-refractivity contribution in [2.24, 2.45) is 5.16 Å². The van der Waals surface area contributed by atoms with Crippen LogP contribution in [0, 0.1) is 0 Å². The Morgan fingerprint density at radius 3 is 2.87 bits per heavy atom. The molecule has 0 aliphatic heterocycles. The highest BCUT2D eigenvalue weighted by Gasteiger charge is 2.24. The molecule has 4 heteroatoms. The van der Waals surface area contributed by atoms with Crippen LogP contribution < -0.4 is 4.74 Å². The highest BCUT2D eigenvalue weighted by molar-refractivity contribution is 6.47. The number of ether oxygens (including phenoxy) is 1. The maximum absolute atomic E-state index is 11.8. The van der Waals surface area contributed by atoms with Crippen molar-refractivity contribution in [3.63, 3.8) is 0 Å². The van der Waals surface area contributed by atoms with Gasteiger partial charge in [-0.2, -0.15) is 0 Å². The fourth-order valence-electron chi connectivity index (χ4n) is 1.73.